The van der Waals surface area contributed by atoms with Crippen molar-refractivity contribution in [1.82, 2.24) is 0 Å². The maximum absolute atomic E-state index is 12.1. The number of esters is 1. The number of carbonyl (C=O) groups is 1. The number of hydrogen-bond acceptors (Lipinski definition) is 3. The Labute approximate surface area is 111 Å². The summed E-state index contributed by atoms with van der Waals surface area (Å²) in [6.45, 7) is 8.50. The lowest BCUT2D eigenvalue weighted by Crippen LogP contribution is -2.51. The standard InChI is InChI=1S/C15H28O3/c1-5-10-15(17,14(16)18-6-2)13-9-7-8-11(3)12(13)4/h11-13,17H,5-10H2,1-4H3. The van der Waals surface area contributed by atoms with Crippen LogP contribution >= 0.6 is 0 Å². The van der Waals surface area contributed by atoms with Crippen LogP contribution in [-0.2, 0) is 9.53 Å². The summed E-state index contributed by atoms with van der Waals surface area (Å²) in [6, 6.07) is 0. The van der Waals surface area contributed by atoms with E-state index in [0.717, 1.165) is 19.3 Å². The first-order valence-electron chi connectivity index (χ1n) is 7.36. The van der Waals surface area contributed by atoms with Crippen molar-refractivity contribution in [2.24, 2.45) is 17.8 Å². The van der Waals surface area contributed by atoms with Crippen molar-refractivity contribution < 1.29 is 14.6 Å². The Morgan fingerprint density at radius 3 is 2.56 bits per heavy atom. The van der Waals surface area contributed by atoms with E-state index in [-0.39, 0.29) is 5.92 Å². The number of carbonyl (C=O) groups excluding carboxylic acids is 1. The molecule has 1 N–H and O–H groups in total. The van der Waals surface area contributed by atoms with Crippen LogP contribution in [0.3, 0.4) is 0 Å². The Hall–Kier alpha value is -0.570. The van der Waals surface area contributed by atoms with Crippen molar-refractivity contribution in [2.75, 3.05) is 6.61 Å². The second-order valence-electron chi connectivity index (χ2n) is 5.77. The molecule has 1 aliphatic rings. The van der Waals surface area contributed by atoms with Crippen molar-refractivity contribution in [3.63, 3.8) is 0 Å². The lowest BCUT2D eigenvalue weighted by atomic mass is 9.65. The van der Waals surface area contributed by atoms with Gasteiger partial charge in [0.15, 0.2) is 5.60 Å². The maximum atomic E-state index is 12.1. The number of rotatable bonds is 5. The molecule has 4 unspecified atom stereocenters. The minimum Gasteiger partial charge on any atom is -0.464 e. The van der Waals surface area contributed by atoms with Gasteiger partial charge in [-0.3, -0.25) is 0 Å². The van der Waals surface area contributed by atoms with Gasteiger partial charge in [0, 0.05) is 5.92 Å². The zero-order valence-corrected chi connectivity index (χ0v) is 12.2. The highest BCUT2D eigenvalue weighted by Gasteiger charge is 2.48. The molecule has 0 aromatic rings. The van der Waals surface area contributed by atoms with Gasteiger partial charge in [-0.15, -0.1) is 0 Å². The highest BCUT2D eigenvalue weighted by atomic mass is 16.5. The molecule has 0 aromatic heterocycles. The summed E-state index contributed by atoms with van der Waals surface area (Å²) in [5.41, 5.74) is -1.28. The molecule has 1 saturated carbocycles. The van der Waals surface area contributed by atoms with Crippen LogP contribution in [0, 0.1) is 17.8 Å². The molecule has 0 heterocycles. The van der Waals surface area contributed by atoms with Gasteiger partial charge in [-0.25, -0.2) is 4.79 Å². The lowest BCUT2D eigenvalue weighted by molar-refractivity contribution is -0.178. The molecule has 0 saturated heterocycles. The Balaban J connectivity index is 2.91. The van der Waals surface area contributed by atoms with E-state index in [0.29, 0.717) is 24.9 Å². The van der Waals surface area contributed by atoms with Gasteiger partial charge in [0.1, 0.15) is 0 Å². The second-order valence-corrected chi connectivity index (χ2v) is 5.77. The monoisotopic (exact) mass is 256 g/mol. The topological polar surface area (TPSA) is 46.5 Å². The van der Waals surface area contributed by atoms with Gasteiger partial charge in [-0.2, -0.15) is 0 Å². The molecule has 0 spiro atoms. The van der Waals surface area contributed by atoms with Gasteiger partial charge < -0.3 is 9.84 Å². The van der Waals surface area contributed by atoms with Crippen molar-refractivity contribution in [1.29, 1.82) is 0 Å². The smallest absolute Gasteiger partial charge is 0.338 e. The predicted molar refractivity (Wildman–Crippen MR) is 72.2 cm³/mol. The Morgan fingerprint density at radius 2 is 2.00 bits per heavy atom. The quantitative estimate of drug-likeness (QED) is 0.769. The second kappa shape index (κ2) is 6.55. The molecule has 1 rings (SSSR count). The summed E-state index contributed by atoms with van der Waals surface area (Å²) in [7, 11) is 0. The molecule has 18 heavy (non-hydrogen) atoms. The third-order valence-corrected chi connectivity index (χ3v) is 4.58. The average Bonchev–Trinajstić information content (AvgIpc) is 2.33. The highest BCUT2D eigenvalue weighted by molar-refractivity contribution is 5.79. The fraction of sp³-hybridized carbons (Fsp3) is 0.933. The molecule has 0 bridgehead atoms. The normalized spacial score (nSPS) is 31.7. The molecule has 0 radical (unpaired) electrons. The van der Waals surface area contributed by atoms with Crippen LogP contribution in [-0.4, -0.2) is 23.3 Å². The van der Waals surface area contributed by atoms with Crippen LogP contribution < -0.4 is 0 Å². The third kappa shape index (κ3) is 3.05. The average molecular weight is 256 g/mol. The Bertz CT molecular complexity index is 277. The van der Waals surface area contributed by atoms with Crippen molar-refractivity contribution >= 4 is 5.97 Å². The Morgan fingerprint density at radius 1 is 1.33 bits per heavy atom. The number of hydrogen-bond donors (Lipinski definition) is 1. The summed E-state index contributed by atoms with van der Waals surface area (Å²) in [5.74, 6) is 0.569. The van der Waals surface area contributed by atoms with Crippen LogP contribution in [0.15, 0.2) is 0 Å². The van der Waals surface area contributed by atoms with Crippen LogP contribution in [0.5, 0.6) is 0 Å². The van der Waals surface area contributed by atoms with Crippen LogP contribution in [0.4, 0.5) is 0 Å². The van der Waals surface area contributed by atoms with E-state index in [1.165, 1.54) is 6.42 Å². The lowest BCUT2D eigenvalue weighted by Gasteiger charge is -2.43. The van der Waals surface area contributed by atoms with E-state index in [4.69, 9.17) is 4.74 Å². The van der Waals surface area contributed by atoms with Crippen molar-refractivity contribution in [2.45, 2.75) is 65.4 Å². The number of ether oxygens (including phenoxy) is 1. The van der Waals surface area contributed by atoms with Gasteiger partial charge in [-0.1, -0.05) is 40.0 Å². The third-order valence-electron chi connectivity index (χ3n) is 4.58. The molecular weight excluding hydrogens is 228 g/mol. The van der Waals surface area contributed by atoms with Crippen LogP contribution in [0.2, 0.25) is 0 Å². The summed E-state index contributed by atoms with van der Waals surface area (Å²) in [4.78, 5) is 12.1. The maximum Gasteiger partial charge on any atom is 0.338 e. The number of aliphatic hydroxyl groups is 1. The van der Waals surface area contributed by atoms with E-state index in [9.17, 15) is 9.90 Å². The largest absolute Gasteiger partial charge is 0.464 e. The molecule has 106 valence electrons. The predicted octanol–water partition coefficient (Wildman–Crippen LogP) is 3.15. The highest BCUT2D eigenvalue weighted by Crippen LogP contribution is 2.42. The SMILES string of the molecule is CCCC(O)(C(=O)OCC)C1CCCC(C)C1C. The fourth-order valence-corrected chi connectivity index (χ4v) is 3.33. The van der Waals surface area contributed by atoms with E-state index < -0.39 is 11.6 Å². The molecule has 0 aromatic carbocycles. The molecule has 4 atom stereocenters. The van der Waals surface area contributed by atoms with E-state index in [1.807, 2.05) is 6.92 Å². The van der Waals surface area contributed by atoms with Gasteiger partial charge in [-0.05, 0) is 31.6 Å². The zero-order chi connectivity index (χ0) is 13.8. The summed E-state index contributed by atoms with van der Waals surface area (Å²) in [6.07, 6.45) is 4.53. The fourth-order valence-electron chi connectivity index (χ4n) is 3.33. The first-order valence-corrected chi connectivity index (χ1v) is 7.36. The minimum absolute atomic E-state index is 0.0419. The van der Waals surface area contributed by atoms with Gasteiger partial charge in [0.25, 0.3) is 0 Å². The molecule has 3 nitrogen and oxygen atoms in total. The molecule has 3 heteroatoms. The zero-order valence-electron chi connectivity index (χ0n) is 12.2. The summed E-state index contributed by atoms with van der Waals surface area (Å²) in [5, 5.41) is 10.8. The summed E-state index contributed by atoms with van der Waals surface area (Å²) >= 11 is 0. The first-order chi connectivity index (χ1) is 8.47. The minimum atomic E-state index is -1.28. The summed E-state index contributed by atoms with van der Waals surface area (Å²) < 4.78 is 5.11. The van der Waals surface area contributed by atoms with E-state index in [1.54, 1.807) is 6.92 Å². The van der Waals surface area contributed by atoms with Crippen LogP contribution in [0.25, 0.3) is 0 Å². The molecule has 1 fully saturated rings. The first kappa shape index (κ1) is 15.5. The molecule has 1 aliphatic carbocycles. The van der Waals surface area contributed by atoms with Gasteiger partial charge in [0.2, 0.25) is 0 Å². The van der Waals surface area contributed by atoms with Crippen LogP contribution in [0.1, 0.15) is 59.8 Å². The molecule has 0 amide bonds. The van der Waals surface area contributed by atoms with Gasteiger partial charge >= 0.3 is 5.97 Å². The van der Waals surface area contributed by atoms with Gasteiger partial charge in [0.05, 0.1) is 6.61 Å². The van der Waals surface area contributed by atoms with E-state index >= 15 is 0 Å². The van der Waals surface area contributed by atoms with Crippen molar-refractivity contribution in [3.05, 3.63) is 0 Å². The Kier molecular flexibility index (Phi) is 5.64. The molecule has 0 aliphatic heterocycles. The van der Waals surface area contributed by atoms with Crippen molar-refractivity contribution in [3.8, 4) is 0 Å². The van der Waals surface area contributed by atoms with E-state index in [2.05, 4.69) is 13.8 Å². The molecular formula is C15H28O3.